The van der Waals surface area contributed by atoms with Crippen LogP contribution < -0.4 is 0 Å². The zero-order chi connectivity index (χ0) is 15.1. The highest BCUT2D eigenvalue weighted by atomic mass is 79.9. The minimum atomic E-state index is -0.834. The molecule has 5 heteroatoms. The van der Waals surface area contributed by atoms with Crippen molar-refractivity contribution < 1.29 is 19.8 Å². The van der Waals surface area contributed by atoms with Crippen molar-refractivity contribution >= 4 is 38.8 Å². The smallest absolute Gasteiger partial charge is 0.238 e. The van der Waals surface area contributed by atoms with Gasteiger partial charge in [-0.1, -0.05) is 40.2 Å². The molecule has 0 aromatic heterocycles. The monoisotopic (exact) mass is 344 g/mol. The lowest BCUT2D eigenvalue weighted by molar-refractivity contribution is -0.110. The summed E-state index contributed by atoms with van der Waals surface area (Å²) in [7, 11) is 0. The quantitative estimate of drug-likeness (QED) is 0.778. The van der Waals surface area contributed by atoms with Gasteiger partial charge < -0.3 is 10.2 Å². The molecule has 1 aliphatic carbocycles. The van der Waals surface area contributed by atoms with Crippen molar-refractivity contribution in [3.8, 4) is 5.75 Å². The van der Waals surface area contributed by atoms with Gasteiger partial charge in [-0.3, -0.25) is 9.59 Å². The molecule has 2 aromatic carbocycles. The van der Waals surface area contributed by atoms with Gasteiger partial charge in [0.05, 0.1) is 5.57 Å². The Kier molecular flexibility index (Phi) is 3.14. The lowest BCUT2D eigenvalue weighted by atomic mass is 9.85. The Labute approximate surface area is 128 Å². The predicted molar refractivity (Wildman–Crippen MR) is 81.0 cm³/mol. The molecule has 0 unspecified atom stereocenters. The number of halogens is 1. The Morgan fingerprint density at radius 2 is 1.48 bits per heavy atom. The third kappa shape index (κ3) is 2.06. The van der Waals surface area contributed by atoms with Crippen molar-refractivity contribution in [3.05, 3.63) is 63.6 Å². The summed E-state index contributed by atoms with van der Waals surface area (Å²) in [5, 5.41) is 20.3. The number of Topliss-reactive ketones (excluding diaryl/α,β-unsaturated/α-hetero) is 2. The molecule has 0 bridgehead atoms. The number of carbonyl (C=O) groups is 2. The van der Waals surface area contributed by atoms with Crippen LogP contribution in [0.1, 0.15) is 21.5 Å². The average Bonchev–Trinajstić information content (AvgIpc) is 2.49. The zero-order valence-corrected chi connectivity index (χ0v) is 12.2. The number of ketones is 2. The maximum atomic E-state index is 12.3. The number of aliphatic hydroxyl groups excluding tert-OH is 1. The van der Waals surface area contributed by atoms with E-state index in [-0.39, 0.29) is 33.8 Å². The molecular formula is C16H9BrO4. The Balaban J connectivity index is 2.34. The van der Waals surface area contributed by atoms with Crippen LogP contribution in [0.5, 0.6) is 5.75 Å². The standard InChI is InChI=1S/C16H9BrO4/c17-8-5-6-12(18)11(7-8)13-14(19)9-3-1-2-4-10(9)15(20)16(13)21/h1-7,18-19H. The van der Waals surface area contributed by atoms with Gasteiger partial charge in [-0.25, -0.2) is 0 Å². The van der Waals surface area contributed by atoms with E-state index in [9.17, 15) is 19.8 Å². The number of aromatic hydroxyl groups is 1. The molecule has 1 aliphatic rings. The van der Waals surface area contributed by atoms with Gasteiger partial charge in [-0.2, -0.15) is 0 Å². The molecule has 21 heavy (non-hydrogen) atoms. The molecule has 0 saturated heterocycles. The van der Waals surface area contributed by atoms with E-state index in [2.05, 4.69) is 15.9 Å². The fourth-order valence-corrected chi connectivity index (χ4v) is 2.69. The van der Waals surface area contributed by atoms with Gasteiger partial charge in [0.2, 0.25) is 11.6 Å². The first-order valence-electron chi connectivity index (χ1n) is 6.11. The fraction of sp³-hybridized carbons (Fsp3) is 0. The van der Waals surface area contributed by atoms with Gasteiger partial charge in [-0.05, 0) is 18.2 Å². The second-order valence-corrected chi connectivity index (χ2v) is 5.50. The Bertz CT molecular complexity index is 821. The molecule has 104 valence electrons. The van der Waals surface area contributed by atoms with Crippen LogP contribution >= 0.6 is 15.9 Å². The molecule has 4 nitrogen and oxygen atoms in total. The van der Waals surface area contributed by atoms with E-state index in [0.29, 0.717) is 4.47 Å². The van der Waals surface area contributed by atoms with Crippen molar-refractivity contribution in [2.24, 2.45) is 0 Å². The molecule has 0 atom stereocenters. The number of hydrogen-bond donors (Lipinski definition) is 2. The highest BCUT2D eigenvalue weighted by Gasteiger charge is 2.34. The molecule has 0 spiro atoms. The van der Waals surface area contributed by atoms with Gasteiger partial charge in [0.25, 0.3) is 0 Å². The summed E-state index contributed by atoms with van der Waals surface area (Å²) < 4.78 is 0.620. The SMILES string of the molecule is O=C1C(=O)c2ccccc2C(O)=C1c1cc(Br)ccc1O. The van der Waals surface area contributed by atoms with Crippen molar-refractivity contribution in [1.82, 2.24) is 0 Å². The van der Waals surface area contributed by atoms with E-state index < -0.39 is 11.6 Å². The van der Waals surface area contributed by atoms with Gasteiger partial charge in [0.1, 0.15) is 11.5 Å². The Morgan fingerprint density at radius 3 is 2.19 bits per heavy atom. The molecular weight excluding hydrogens is 336 g/mol. The molecule has 2 N–H and O–H groups in total. The fourth-order valence-electron chi connectivity index (χ4n) is 2.32. The third-order valence-electron chi connectivity index (χ3n) is 3.32. The first-order valence-corrected chi connectivity index (χ1v) is 6.90. The van der Waals surface area contributed by atoms with E-state index in [1.807, 2.05) is 0 Å². The lowest BCUT2D eigenvalue weighted by Gasteiger charge is -2.18. The number of rotatable bonds is 1. The Hall–Kier alpha value is -2.40. The summed E-state index contributed by atoms with van der Waals surface area (Å²) in [6, 6.07) is 10.8. The van der Waals surface area contributed by atoms with E-state index in [4.69, 9.17) is 0 Å². The topological polar surface area (TPSA) is 74.6 Å². The van der Waals surface area contributed by atoms with Gasteiger partial charge in [0, 0.05) is 21.2 Å². The number of phenols is 1. The highest BCUT2D eigenvalue weighted by Crippen LogP contribution is 2.37. The number of carbonyl (C=O) groups excluding carboxylic acids is 2. The van der Waals surface area contributed by atoms with Gasteiger partial charge in [0.15, 0.2) is 0 Å². The number of fused-ring (bicyclic) bond motifs is 1. The first kappa shape index (κ1) is 13.6. The van der Waals surface area contributed by atoms with E-state index >= 15 is 0 Å². The highest BCUT2D eigenvalue weighted by molar-refractivity contribution is 9.10. The second-order valence-electron chi connectivity index (χ2n) is 4.59. The predicted octanol–water partition coefficient (Wildman–Crippen LogP) is 3.35. The third-order valence-corrected chi connectivity index (χ3v) is 3.82. The van der Waals surface area contributed by atoms with Crippen molar-refractivity contribution in [2.45, 2.75) is 0 Å². The maximum absolute atomic E-state index is 12.3. The molecule has 0 heterocycles. The maximum Gasteiger partial charge on any atom is 0.238 e. The van der Waals surface area contributed by atoms with Crippen molar-refractivity contribution in [1.29, 1.82) is 0 Å². The van der Waals surface area contributed by atoms with Crippen LogP contribution in [-0.2, 0) is 4.79 Å². The summed E-state index contributed by atoms with van der Waals surface area (Å²) in [5.41, 5.74) is 0.391. The number of aliphatic hydroxyl groups is 1. The number of benzene rings is 2. The summed E-state index contributed by atoms with van der Waals surface area (Å²) in [5.74, 6) is -2.01. The van der Waals surface area contributed by atoms with Crippen LogP contribution in [0.15, 0.2) is 46.9 Å². The van der Waals surface area contributed by atoms with Gasteiger partial charge in [-0.15, -0.1) is 0 Å². The van der Waals surface area contributed by atoms with Crippen molar-refractivity contribution in [3.63, 3.8) is 0 Å². The summed E-state index contributed by atoms with van der Waals surface area (Å²) in [6.45, 7) is 0. The summed E-state index contributed by atoms with van der Waals surface area (Å²) in [4.78, 5) is 24.4. The molecule has 0 amide bonds. The summed E-state index contributed by atoms with van der Waals surface area (Å²) in [6.07, 6.45) is 0. The minimum Gasteiger partial charge on any atom is -0.507 e. The molecule has 3 rings (SSSR count). The van der Waals surface area contributed by atoms with Crippen molar-refractivity contribution in [2.75, 3.05) is 0 Å². The van der Waals surface area contributed by atoms with Crippen LogP contribution in [0, 0.1) is 0 Å². The number of allylic oxidation sites excluding steroid dienone is 1. The van der Waals surface area contributed by atoms with Crippen LogP contribution in [0.25, 0.3) is 11.3 Å². The summed E-state index contributed by atoms with van der Waals surface area (Å²) >= 11 is 3.24. The number of phenolic OH excluding ortho intramolecular Hbond substituents is 1. The molecule has 0 aliphatic heterocycles. The van der Waals surface area contributed by atoms with Crippen LogP contribution in [0.3, 0.4) is 0 Å². The number of hydrogen-bond acceptors (Lipinski definition) is 4. The van der Waals surface area contributed by atoms with Crippen LogP contribution in [0.4, 0.5) is 0 Å². The molecule has 0 fully saturated rings. The van der Waals surface area contributed by atoms with E-state index in [0.717, 1.165) is 0 Å². The van der Waals surface area contributed by atoms with Crippen LogP contribution in [-0.4, -0.2) is 21.8 Å². The Morgan fingerprint density at radius 1 is 0.810 bits per heavy atom. The zero-order valence-electron chi connectivity index (χ0n) is 10.6. The molecule has 0 radical (unpaired) electrons. The lowest BCUT2D eigenvalue weighted by Crippen LogP contribution is -2.23. The normalized spacial score (nSPS) is 14.3. The first-order chi connectivity index (χ1) is 10.0. The second kappa shape index (κ2) is 4.86. The van der Waals surface area contributed by atoms with Crippen LogP contribution in [0.2, 0.25) is 0 Å². The van der Waals surface area contributed by atoms with Gasteiger partial charge >= 0.3 is 0 Å². The molecule has 2 aromatic rings. The van der Waals surface area contributed by atoms with E-state index in [1.54, 1.807) is 24.3 Å². The minimum absolute atomic E-state index is 0.120. The largest absolute Gasteiger partial charge is 0.507 e. The average molecular weight is 345 g/mol. The van der Waals surface area contributed by atoms with E-state index in [1.165, 1.54) is 18.2 Å². The molecule has 0 saturated carbocycles.